The van der Waals surface area contributed by atoms with E-state index in [1.807, 2.05) is 23.1 Å². The number of aryl methyl sites for hydroxylation is 1. The van der Waals surface area contributed by atoms with Crippen molar-refractivity contribution in [3.63, 3.8) is 0 Å². The Morgan fingerprint density at radius 2 is 2.11 bits per heavy atom. The van der Waals surface area contributed by atoms with Crippen molar-refractivity contribution in [2.45, 2.75) is 39.8 Å². The van der Waals surface area contributed by atoms with Crippen LogP contribution in [0.15, 0.2) is 0 Å². The first-order chi connectivity index (χ1) is 8.51. The van der Waals surface area contributed by atoms with Crippen LogP contribution in [0.2, 0.25) is 0 Å². The molecule has 0 radical (unpaired) electrons. The number of aromatic nitrogens is 1. The molecule has 0 spiro atoms. The number of thiazole rings is 1. The van der Waals surface area contributed by atoms with Gasteiger partial charge in [0, 0.05) is 29.8 Å². The maximum atomic E-state index is 4.71. The molecule has 1 N–H and O–H groups in total. The fourth-order valence-electron chi connectivity index (χ4n) is 1.89. The van der Waals surface area contributed by atoms with E-state index in [-0.39, 0.29) is 0 Å². The molecule has 1 aromatic heterocycles. The van der Waals surface area contributed by atoms with Gasteiger partial charge in [-0.2, -0.15) is 11.8 Å². The molecule has 0 amide bonds. The first kappa shape index (κ1) is 15.8. The van der Waals surface area contributed by atoms with Gasteiger partial charge in [-0.15, -0.1) is 11.3 Å². The van der Waals surface area contributed by atoms with Gasteiger partial charge in [-0.3, -0.25) is 0 Å². The minimum absolute atomic E-state index is 0.394. The molecule has 0 aromatic carbocycles. The van der Waals surface area contributed by atoms with E-state index >= 15 is 0 Å². The molecule has 0 fully saturated rings. The lowest BCUT2D eigenvalue weighted by molar-refractivity contribution is 0.603. The molecular weight excluding hydrogens is 262 g/mol. The maximum absolute atomic E-state index is 4.71. The summed E-state index contributed by atoms with van der Waals surface area (Å²) < 4.78 is 0. The number of nitrogens with one attached hydrogen (secondary N) is 1. The average molecular weight is 287 g/mol. The molecule has 1 heterocycles. The molecule has 0 aliphatic rings. The summed E-state index contributed by atoms with van der Waals surface area (Å²) in [5, 5.41) is 4.59. The van der Waals surface area contributed by atoms with Gasteiger partial charge in [0.15, 0.2) is 5.13 Å². The summed E-state index contributed by atoms with van der Waals surface area (Å²) in [5.74, 6) is 1.13. The Hall–Kier alpha value is -0.260. The van der Waals surface area contributed by atoms with Crippen molar-refractivity contribution in [3.05, 3.63) is 10.6 Å². The zero-order chi connectivity index (χ0) is 13.7. The van der Waals surface area contributed by atoms with Gasteiger partial charge < -0.3 is 10.2 Å². The van der Waals surface area contributed by atoms with E-state index in [9.17, 15) is 0 Å². The molecule has 0 aliphatic carbocycles. The van der Waals surface area contributed by atoms with Crippen LogP contribution < -0.4 is 10.2 Å². The van der Waals surface area contributed by atoms with Crippen molar-refractivity contribution in [3.8, 4) is 0 Å². The van der Waals surface area contributed by atoms with Gasteiger partial charge >= 0.3 is 0 Å². The summed E-state index contributed by atoms with van der Waals surface area (Å²) in [6, 6.07) is 0.915. The number of rotatable bonds is 7. The number of nitrogens with zero attached hydrogens (tertiary/aromatic N) is 2. The molecule has 1 aromatic rings. The topological polar surface area (TPSA) is 28.2 Å². The minimum Gasteiger partial charge on any atom is -0.348 e. The van der Waals surface area contributed by atoms with E-state index in [1.165, 1.54) is 4.88 Å². The van der Waals surface area contributed by atoms with Crippen LogP contribution in [0.5, 0.6) is 0 Å². The first-order valence-electron chi connectivity index (χ1n) is 6.43. The van der Waals surface area contributed by atoms with Crippen molar-refractivity contribution < 1.29 is 0 Å². The fourth-order valence-corrected chi connectivity index (χ4v) is 3.75. The van der Waals surface area contributed by atoms with Crippen molar-refractivity contribution in [1.29, 1.82) is 0 Å². The van der Waals surface area contributed by atoms with Gasteiger partial charge in [-0.25, -0.2) is 4.98 Å². The van der Waals surface area contributed by atoms with Crippen molar-refractivity contribution in [2.75, 3.05) is 30.5 Å². The molecule has 18 heavy (non-hydrogen) atoms. The predicted octanol–water partition coefficient (Wildman–Crippen LogP) is 3.31. The number of hydrogen-bond donors (Lipinski definition) is 1. The molecule has 3 nitrogen and oxygen atoms in total. The van der Waals surface area contributed by atoms with E-state index in [0.29, 0.717) is 12.1 Å². The van der Waals surface area contributed by atoms with Gasteiger partial charge in [0.05, 0.1) is 5.69 Å². The third-order valence-corrected chi connectivity index (χ3v) is 5.34. The second kappa shape index (κ2) is 7.36. The van der Waals surface area contributed by atoms with Crippen LogP contribution in [-0.2, 0) is 0 Å². The Bertz CT molecular complexity index is 365. The largest absolute Gasteiger partial charge is 0.348 e. The van der Waals surface area contributed by atoms with Gasteiger partial charge in [0.1, 0.15) is 0 Å². The predicted molar refractivity (Wildman–Crippen MR) is 85.2 cm³/mol. The molecule has 0 saturated heterocycles. The lowest BCUT2D eigenvalue weighted by atomic mass is 10.2. The van der Waals surface area contributed by atoms with Crippen molar-refractivity contribution in [1.82, 2.24) is 10.3 Å². The Morgan fingerprint density at radius 3 is 2.67 bits per heavy atom. The summed E-state index contributed by atoms with van der Waals surface area (Å²) >= 11 is 3.69. The number of thioether (sulfide) groups is 1. The van der Waals surface area contributed by atoms with E-state index in [1.54, 1.807) is 0 Å². The highest BCUT2D eigenvalue weighted by atomic mass is 32.2. The van der Waals surface area contributed by atoms with Gasteiger partial charge in [-0.1, -0.05) is 6.92 Å². The summed E-state index contributed by atoms with van der Waals surface area (Å²) in [4.78, 5) is 8.36. The Morgan fingerprint density at radius 1 is 1.44 bits per heavy atom. The third-order valence-electron chi connectivity index (χ3n) is 3.10. The van der Waals surface area contributed by atoms with Crippen LogP contribution in [-0.4, -0.2) is 36.6 Å². The van der Waals surface area contributed by atoms with Crippen LogP contribution in [0.25, 0.3) is 0 Å². The highest BCUT2D eigenvalue weighted by molar-refractivity contribution is 7.98. The highest BCUT2D eigenvalue weighted by Crippen LogP contribution is 2.31. The van der Waals surface area contributed by atoms with E-state index < -0.39 is 0 Å². The van der Waals surface area contributed by atoms with Gasteiger partial charge in [0.25, 0.3) is 0 Å². The first-order valence-corrected chi connectivity index (χ1v) is 8.64. The Balaban J connectivity index is 2.82. The number of hydrogen-bond acceptors (Lipinski definition) is 5. The quantitative estimate of drug-likeness (QED) is 0.833. The monoisotopic (exact) mass is 287 g/mol. The molecule has 0 bridgehead atoms. The van der Waals surface area contributed by atoms with Crippen molar-refractivity contribution >= 4 is 28.2 Å². The lowest BCUT2D eigenvalue weighted by Crippen LogP contribution is -2.30. The van der Waals surface area contributed by atoms with Gasteiger partial charge in [0.2, 0.25) is 0 Å². The van der Waals surface area contributed by atoms with Crippen LogP contribution in [0.1, 0.15) is 37.4 Å². The molecule has 104 valence electrons. The van der Waals surface area contributed by atoms with Crippen LogP contribution in [0.4, 0.5) is 5.13 Å². The van der Waals surface area contributed by atoms with Crippen molar-refractivity contribution in [2.24, 2.45) is 0 Å². The molecule has 5 heteroatoms. The molecular formula is C13H25N3S2. The lowest BCUT2D eigenvalue weighted by Gasteiger charge is -2.23. The smallest absolute Gasteiger partial charge is 0.185 e. The molecule has 1 rings (SSSR count). The zero-order valence-electron chi connectivity index (χ0n) is 12.3. The van der Waals surface area contributed by atoms with Crippen LogP contribution in [0, 0.1) is 6.92 Å². The van der Waals surface area contributed by atoms with Gasteiger partial charge in [-0.05, 0) is 33.6 Å². The molecule has 2 unspecified atom stereocenters. The SMILES string of the molecule is CCNC(C)c1sc(N(C)C(C)CSC)nc1C. The van der Waals surface area contributed by atoms with Crippen LogP contribution >= 0.6 is 23.1 Å². The minimum atomic E-state index is 0.394. The summed E-state index contributed by atoms with van der Waals surface area (Å²) in [6.07, 6.45) is 2.15. The second-order valence-corrected chi connectivity index (χ2v) is 6.56. The number of anilines is 1. The second-order valence-electron chi connectivity index (χ2n) is 4.64. The van der Waals surface area contributed by atoms with E-state index in [2.05, 4.69) is 51.2 Å². The zero-order valence-corrected chi connectivity index (χ0v) is 13.9. The summed E-state index contributed by atoms with van der Waals surface area (Å²) in [6.45, 7) is 9.70. The molecule has 0 saturated carbocycles. The Labute approximate surface area is 119 Å². The van der Waals surface area contributed by atoms with E-state index in [0.717, 1.165) is 23.1 Å². The van der Waals surface area contributed by atoms with Crippen LogP contribution in [0.3, 0.4) is 0 Å². The highest BCUT2D eigenvalue weighted by Gasteiger charge is 2.18. The maximum Gasteiger partial charge on any atom is 0.185 e. The normalized spacial score (nSPS) is 14.6. The summed E-state index contributed by atoms with van der Waals surface area (Å²) in [5.41, 5.74) is 1.16. The average Bonchev–Trinajstić information content (AvgIpc) is 2.71. The molecule has 0 aliphatic heterocycles. The van der Waals surface area contributed by atoms with E-state index in [4.69, 9.17) is 4.98 Å². The fraction of sp³-hybridized carbons (Fsp3) is 0.769. The summed E-state index contributed by atoms with van der Waals surface area (Å²) in [7, 11) is 2.14. The Kier molecular flexibility index (Phi) is 6.46. The molecule has 2 atom stereocenters. The standard InChI is InChI=1S/C13H25N3S2/c1-7-14-10(3)12-11(4)15-13(18-12)16(5)9(2)8-17-6/h9-10,14H,7-8H2,1-6H3. The third kappa shape index (κ3) is 3.87.